The molecule has 0 radical (unpaired) electrons. The second-order valence-corrected chi connectivity index (χ2v) is 9.88. The van der Waals surface area contributed by atoms with Crippen LogP contribution in [0.1, 0.15) is 33.6 Å². The molecule has 31 heavy (non-hydrogen) atoms. The largest absolute Gasteiger partial charge is 0.491 e. The van der Waals surface area contributed by atoms with Crippen molar-refractivity contribution in [3.05, 3.63) is 47.5 Å². The van der Waals surface area contributed by atoms with Crippen LogP contribution in [-0.2, 0) is 4.74 Å². The van der Waals surface area contributed by atoms with E-state index in [9.17, 15) is 4.79 Å². The van der Waals surface area contributed by atoms with E-state index in [4.69, 9.17) is 25.8 Å². The van der Waals surface area contributed by atoms with E-state index in [1.54, 1.807) is 4.90 Å². The van der Waals surface area contributed by atoms with Crippen LogP contribution in [0, 0.1) is 0 Å². The van der Waals surface area contributed by atoms with Gasteiger partial charge in [0, 0.05) is 11.6 Å². The van der Waals surface area contributed by atoms with Crippen molar-refractivity contribution in [3.8, 4) is 16.7 Å². The standard InChI is InChI=1S/C23H25ClN2O4S/c1-23(2,3)30-22(27)26-12-4-5-16(26)14-28-17-7-9-18(10-8-17)29-21-25-19-11-6-15(24)13-20(19)31-21/h6-11,13,16H,4-5,12,14H2,1-3H3/t16-/m1/s1. The molecule has 0 N–H and O–H groups in total. The second kappa shape index (κ2) is 8.93. The van der Waals surface area contributed by atoms with Gasteiger partial charge in [-0.15, -0.1) is 0 Å². The first-order chi connectivity index (χ1) is 14.8. The molecule has 1 saturated heterocycles. The summed E-state index contributed by atoms with van der Waals surface area (Å²) < 4.78 is 18.3. The zero-order valence-electron chi connectivity index (χ0n) is 17.8. The number of nitrogens with zero attached hydrogens (tertiary/aromatic N) is 2. The highest BCUT2D eigenvalue weighted by Crippen LogP contribution is 2.33. The summed E-state index contributed by atoms with van der Waals surface area (Å²) in [5.41, 5.74) is 0.353. The number of carbonyl (C=O) groups is 1. The normalized spacial score (nSPS) is 16.5. The third-order valence-electron chi connectivity index (χ3n) is 4.81. The van der Waals surface area contributed by atoms with Crippen LogP contribution in [0.4, 0.5) is 4.79 Å². The minimum Gasteiger partial charge on any atom is -0.491 e. The van der Waals surface area contributed by atoms with E-state index in [1.165, 1.54) is 11.3 Å². The van der Waals surface area contributed by atoms with E-state index in [0.717, 1.165) is 28.8 Å². The van der Waals surface area contributed by atoms with E-state index in [-0.39, 0.29) is 12.1 Å². The molecule has 3 aromatic rings. The number of fused-ring (bicyclic) bond motifs is 1. The summed E-state index contributed by atoms with van der Waals surface area (Å²) in [6, 6.07) is 13.0. The van der Waals surface area contributed by atoms with Gasteiger partial charge in [0.25, 0.3) is 5.19 Å². The minimum absolute atomic E-state index is 0.0142. The molecule has 0 unspecified atom stereocenters. The van der Waals surface area contributed by atoms with Crippen LogP contribution in [0.5, 0.6) is 16.7 Å². The molecule has 164 valence electrons. The van der Waals surface area contributed by atoms with Gasteiger partial charge in [0.15, 0.2) is 0 Å². The van der Waals surface area contributed by atoms with Crippen LogP contribution >= 0.6 is 22.9 Å². The van der Waals surface area contributed by atoms with E-state index in [0.29, 0.717) is 29.1 Å². The quantitative estimate of drug-likeness (QED) is 0.433. The fourth-order valence-electron chi connectivity index (χ4n) is 3.39. The molecule has 0 aliphatic carbocycles. The van der Waals surface area contributed by atoms with Gasteiger partial charge >= 0.3 is 6.09 Å². The predicted octanol–water partition coefficient (Wildman–Crippen LogP) is 6.52. The Kier molecular flexibility index (Phi) is 6.25. The van der Waals surface area contributed by atoms with Crippen molar-refractivity contribution < 1.29 is 19.0 Å². The van der Waals surface area contributed by atoms with Crippen LogP contribution in [0.15, 0.2) is 42.5 Å². The maximum atomic E-state index is 12.4. The number of thiazole rings is 1. The Morgan fingerprint density at radius 2 is 1.94 bits per heavy atom. The van der Waals surface area contributed by atoms with E-state index < -0.39 is 5.60 Å². The Morgan fingerprint density at radius 1 is 1.19 bits per heavy atom. The molecule has 2 aromatic carbocycles. The lowest BCUT2D eigenvalue weighted by Crippen LogP contribution is -2.42. The van der Waals surface area contributed by atoms with Gasteiger partial charge in [-0.05, 0) is 76.1 Å². The summed E-state index contributed by atoms with van der Waals surface area (Å²) in [4.78, 5) is 18.6. The van der Waals surface area contributed by atoms with Crippen molar-refractivity contribution in [3.63, 3.8) is 0 Å². The van der Waals surface area contributed by atoms with Crippen molar-refractivity contribution in [2.75, 3.05) is 13.2 Å². The monoisotopic (exact) mass is 460 g/mol. The summed E-state index contributed by atoms with van der Waals surface area (Å²) in [6.45, 7) is 6.75. The first-order valence-corrected chi connectivity index (χ1v) is 11.4. The lowest BCUT2D eigenvalue weighted by Gasteiger charge is -2.28. The highest BCUT2D eigenvalue weighted by Gasteiger charge is 2.32. The third-order valence-corrected chi connectivity index (χ3v) is 5.94. The summed E-state index contributed by atoms with van der Waals surface area (Å²) in [7, 11) is 0. The molecule has 0 spiro atoms. The molecule has 8 heteroatoms. The number of amides is 1. The highest BCUT2D eigenvalue weighted by atomic mass is 35.5. The molecular weight excluding hydrogens is 436 g/mol. The van der Waals surface area contributed by atoms with Crippen LogP contribution < -0.4 is 9.47 Å². The highest BCUT2D eigenvalue weighted by molar-refractivity contribution is 7.20. The molecule has 1 aliphatic heterocycles. The fraction of sp³-hybridized carbons (Fsp3) is 0.391. The Hall–Kier alpha value is -2.51. The van der Waals surface area contributed by atoms with Crippen molar-refractivity contribution in [2.24, 2.45) is 0 Å². The van der Waals surface area contributed by atoms with Gasteiger partial charge < -0.3 is 19.1 Å². The van der Waals surface area contributed by atoms with Crippen molar-refractivity contribution in [1.82, 2.24) is 9.88 Å². The van der Waals surface area contributed by atoms with Crippen LogP contribution in [0.2, 0.25) is 5.02 Å². The average Bonchev–Trinajstić information content (AvgIpc) is 3.32. The first-order valence-electron chi connectivity index (χ1n) is 10.2. The lowest BCUT2D eigenvalue weighted by molar-refractivity contribution is 0.0187. The number of hydrogen-bond donors (Lipinski definition) is 0. The fourth-order valence-corrected chi connectivity index (χ4v) is 4.50. The predicted molar refractivity (Wildman–Crippen MR) is 123 cm³/mol. The zero-order chi connectivity index (χ0) is 22.0. The molecule has 1 aromatic heterocycles. The number of ether oxygens (including phenoxy) is 3. The van der Waals surface area contributed by atoms with E-state index in [2.05, 4.69) is 4.98 Å². The first kappa shape index (κ1) is 21.7. The number of aromatic nitrogens is 1. The molecule has 4 rings (SSSR count). The summed E-state index contributed by atoms with van der Waals surface area (Å²) in [5.74, 6) is 1.40. The van der Waals surface area contributed by atoms with Crippen molar-refractivity contribution in [2.45, 2.75) is 45.3 Å². The lowest BCUT2D eigenvalue weighted by atomic mass is 10.2. The maximum Gasteiger partial charge on any atom is 0.410 e. The average molecular weight is 461 g/mol. The number of halogens is 1. The van der Waals surface area contributed by atoms with Gasteiger partial charge in [-0.3, -0.25) is 0 Å². The van der Waals surface area contributed by atoms with Gasteiger partial charge in [-0.2, -0.15) is 0 Å². The van der Waals surface area contributed by atoms with E-state index in [1.807, 2.05) is 63.2 Å². The minimum atomic E-state index is -0.504. The SMILES string of the molecule is CC(C)(C)OC(=O)N1CCC[C@@H]1COc1ccc(Oc2nc3ccc(Cl)cc3s2)cc1. The van der Waals surface area contributed by atoms with Gasteiger partial charge in [0.2, 0.25) is 0 Å². The summed E-state index contributed by atoms with van der Waals surface area (Å²) >= 11 is 7.48. The topological polar surface area (TPSA) is 60.9 Å². The van der Waals surface area contributed by atoms with Crippen molar-refractivity contribution in [1.29, 1.82) is 0 Å². The summed E-state index contributed by atoms with van der Waals surface area (Å²) in [6.07, 6.45) is 1.58. The second-order valence-electron chi connectivity index (χ2n) is 8.45. The molecule has 2 heterocycles. The number of hydrogen-bond acceptors (Lipinski definition) is 6. The Morgan fingerprint density at radius 3 is 2.68 bits per heavy atom. The molecule has 1 amide bonds. The molecule has 0 bridgehead atoms. The number of carbonyl (C=O) groups excluding carboxylic acids is 1. The number of benzene rings is 2. The van der Waals surface area contributed by atoms with Gasteiger partial charge in [-0.1, -0.05) is 22.9 Å². The molecular formula is C23H25ClN2O4S. The van der Waals surface area contributed by atoms with Crippen LogP contribution in [-0.4, -0.2) is 40.8 Å². The van der Waals surface area contributed by atoms with Crippen molar-refractivity contribution >= 4 is 39.2 Å². The smallest absolute Gasteiger partial charge is 0.410 e. The Bertz CT molecular complexity index is 1060. The van der Waals surface area contributed by atoms with Crippen LogP contribution in [0.25, 0.3) is 10.2 Å². The maximum absolute atomic E-state index is 12.4. The summed E-state index contributed by atoms with van der Waals surface area (Å²) in [5, 5.41) is 1.24. The molecule has 0 saturated carbocycles. The number of likely N-dealkylation sites (tertiary alicyclic amines) is 1. The molecule has 6 nitrogen and oxygen atoms in total. The van der Waals surface area contributed by atoms with Gasteiger partial charge in [0.05, 0.1) is 16.3 Å². The van der Waals surface area contributed by atoms with Crippen LogP contribution in [0.3, 0.4) is 0 Å². The number of rotatable bonds is 5. The van der Waals surface area contributed by atoms with Gasteiger partial charge in [0.1, 0.15) is 23.7 Å². The molecule has 1 aliphatic rings. The Labute approximate surface area is 190 Å². The third kappa shape index (κ3) is 5.60. The molecule has 1 fully saturated rings. The van der Waals surface area contributed by atoms with E-state index >= 15 is 0 Å². The Balaban J connectivity index is 1.33. The van der Waals surface area contributed by atoms with Gasteiger partial charge in [-0.25, -0.2) is 9.78 Å². The molecule has 1 atom stereocenters. The zero-order valence-corrected chi connectivity index (χ0v) is 19.3.